The molecule has 1 heterocycles. The van der Waals surface area contributed by atoms with Crippen LogP contribution in [0.3, 0.4) is 0 Å². The van der Waals surface area contributed by atoms with Gasteiger partial charge in [0.25, 0.3) is 5.95 Å². The molecular formula is C25H22F9N5O. The van der Waals surface area contributed by atoms with E-state index in [-0.39, 0.29) is 24.1 Å². The molecule has 3 atom stereocenters. The number of benzene rings is 2. The van der Waals surface area contributed by atoms with Gasteiger partial charge in [-0.2, -0.15) is 44.3 Å². The maximum absolute atomic E-state index is 13.7. The molecule has 0 aliphatic heterocycles. The number of rotatable bonds is 7. The predicted octanol–water partition coefficient (Wildman–Crippen LogP) is 6.34. The molecule has 40 heavy (non-hydrogen) atoms. The van der Waals surface area contributed by atoms with Gasteiger partial charge in [-0.25, -0.2) is 0 Å². The number of ketones is 1. The minimum atomic E-state index is -5.09. The van der Waals surface area contributed by atoms with Crippen molar-refractivity contribution < 1.29 is 44.3 Å². The maximum Gasteiger partial charge on any atom is 0.416 e. The fourth-order valence-electron chi connectivity index (χ4n) is 4.96. The number of aromatic nitrogens is 4. The summed E-state index contributed by atoms with van der Waals surface area (Å²) in [4.78, 5) is 15.4. The van der Waals surface area contributed by atoms with E-state index in [9.17, 15) is 44.3 Å². The fraction of sp³-hybridized carbons (Fsp3) is 0.440. The molecule has 1 aliphatic carbocycles. The van der Waals surface area contributed by atoms with Crippen LogP contribution in [0, 0.1) is 17.8 Å². The van der Waals surface area contributed by atoms with Gasteiger partial charge in [-0.3, -0.25) is 4.79 Å². The lowest BCUT2D eigenvalue weighted by Gasteiger charge is -2.28. The van der Waals surface area contributed by atoms with E-state index in [1.54, 1.807) is 18.2 Å². The fourth-order valence-corrected chi connectivity index (χ4v) is 4.96. The van der Waals surface area contributed by atoms with E-state index in [2.05, 4.69) is 15.4 Å². The largest absolute Gasteiger partial charge is 0.416 e. The lowest BCUT2D eigenvalue weighted by Crippen LogP contribution is -2.34. The summed E-state index contributed by atoms with van der Waals surface area (Å²) in [6, 6.07) is 8.70. The quantitative estimate of drug-likeness (QED) is 0.242. The Labute approximate surface area is 221 Å². The number of tetrazole rings is 1. The van der Waals surface area contributed by atoms with Gasteiger partial charge in [-0.15, -0.1) is 5.10 Å². The highest BCUT2D eigenvalue weighted by Crippen LogP contribution is 2.47. The standard InChI is InChI=1S/C25H22F9N5O/c1-38-36-22(35-37-38)39(12-14-7-17(23(26,27)28)10-18(8-14)24(29,30)31)13-16-9-19(25(32,33)34)11-20(16)21(40)15-5-3-2-4-6-15/h2-8,10,16,19-20H,9,11-13H2,1H3. The predicted molar refractivity (Wildman–Crippen MR) is 123 cm³/mol. The molecule has 6 nitrogen and oxygen atoms in total. The highest BCUT2D eigenvalue weighted by atomic mass is 19.4. The molecule has 2 aromatic carbocycles. The smallest absolute Gasteiger partial charge is 0.334 e. The van der Waals surface area contributed by atoms with Crippen LogP contribution >= 0.6 is 0 Å². The van der Waals surface area contributed by atoms with Crippen molar-refractivity contribution in [2.24, 2.45) is 24.8 Å². The van der Waals surface area contributed by atoms with Gasteiger partial charge in [-0.1, -0.05) is 35.4 Å². The van der Waals surface area contributed by atoms with E-state index in [0.29, 0.717) is 12.1 Å². The Kier molecular flexibility index (Phi) is 7.87. The second-order valence-electron chi connectivity index (χ2n) is 9.68. The second-order valence-corrected chi connectivity index (χ2v) is 9.68. The molecule has 0 amide bonds. The Morgan fingerprint density at radius 1 is 0.925 bits per heavy atom. The number of hydrogen-bond acceptors (Lipinski definition) is 5. The molecule has 0 bridgehead atoms. The zero-order valence-electron chi connectivity index (χ0n) is 20.7. The molecule has 1 saturated carbocycles. The van der Waals surface area contributed by atoms with Crippen molar-refractivity contribution in [3.8, 4) is 0 Å². The summed E-state index contributed by atoms with van der Waals surface area (Å²) >= 11 is 0. The van der Waals surface area contributed by atoms with Gasteiger partial charge in [0, 0.05) is 24.6 Å². The minimum absolute atomic E-state index is 0.0200. The van der Waals surface area contributed by atoms with Crippen molar-refractivity contribution in [2.75, 3.05) is 11.4 Å². The maximum atomic E-state index is 13.7. The summed E-state index contributed by atoms with van der Waals surface area (Å²) in [6.45, 7) is -0.961. The molecule has 1 aliphatic rings. The molecule has 3 aromatic rings. The normalized spacial score (nSPS) is 20.1. The van der Waals surface area contributed by atoms with Crippen molar-refractivity contribution in [3.63, 3.8) is 0 Å². The number of carbonyl (C=O) groups excluding carboxylic acids is 1. The van der Waals surface area contributed by atoms with Gasteiger partial charge in [0.2, 0.25) is 0 Å². The SMILES string of the molecule is Cn1nnc(N(Cc2cc(C(F)(F)F)cc(C(F)(F)F)c2)CC2CC(C(F)(F)F)CC2C(=O)c2ccccc2)n1. The number of nitrogens with zero attached hydrogens (tertiary/aromatic N) is 5. The summed E-state index contributed by atoms with van der Waals surface area (Å²) in [5, 5.41) is 11.4. The van der Waals surface area contributed by atoms with Gasteiger partial charge in [0.15, 0.2) is 5.78 Å². The third-order valence-corrected chi connectivity index (χ3v) is 6.81. The Hall–Kier alpha value is -3.65. The van der Waals surface area contributed by atoms with Crippen molar-refractivity contribution >= 4 is 11.7 Å². The molecule has 0 saturated heterocycles. The first-order chi connectivity index (χ1) is 18.5. The third-order valence-electron chi connectivity index (χ3n) is 6.81. The molecular weight excluding hydrogens is 557 g/mol. The number of aryl methyl sites for hydroxylation is 1. The van der Waals surface area contributed by atoms with Gasteiger partial charge >= 0.3 is 18.5 Å². The van der Waals surface area contributed by atoms with E-state index in [1.165, 1.54) is 19.2 Å². The van der Waals surface area contributed by atoms with Gasteiger partial charge in [0.05, 0.1) is 24.1 Å². The zero-order valence-corrected chi connectivity index (χ0v) is 20.7. The Morgan fingerprint density at radius 2 is 1.52 bits per heavy atom. The summed E-state index contributed by atoms with van der Waals surface area (Å²) in [5.41, 5.74) is -3.32. The number of hydrogen-bond donors (Lipinski definition) is 0. The topological polar surface area (TPSA) is 63.9 Å². The van der Waals surface area contributed by atoms with Gasteiger partial charge in [0.1, 0.15) is 0 Å². The molecule has 0 radical (unpaired) electrons. The third kappa shape index (κ3) is 6.73. The number of Topliss-reactive ketones (excluding diaryl/α,β-unsaturated/α-hetero) is 1. The van der Waals surface area contributed by atoms with E-state index in [1.807, 2.05) is 0 Å². The van der Waals surface area contributed by atoms with Crippen LogP contribution in [0.2, 0.25) is 0 Å². The average Bonchev–Trinajstić information content (AvgIpc) is 3.49. The molecule has 15 heteroatoms. The number of anilines is 1. The van der Waals surface area contributed by atoms with E-state index in [0.717, 1.165) is 9.70 Å². The Balaban J connectivity index is 1.71. The highest BCUT2D eigenvalue weighted by Gasteiger charge is 2.50. The van der Waals surface area contributed by atoms with Gasteiger partial charge in [-0.05, 0) is 47.7 Å². The van der Waals surface area contributed by atoms with Crippen molar-refractivity contribution in [2.45, 2.75) is 37.9 Å². The van der Waals surface area contributed by atoms with Crippen molar-refractivity contribution in [3.05, 3.63) is 70.8 Å². The lowest BCUT2D eigenvalue weighted by atomic mass is 9.88. The second kappa shape index (κ2) is 10.7. The summed E-state index contributed by atoms with van der Waals surface area (Å²) < 4.78 is 122. The van der Waals surface area contributed by atoms with Crippen molar-refractivity contribution in [1.29, 1.82) is 0 Å². The van der Waals surface area contributed by atoms with E-state index in [4.69, 9.17) is 0 Å². The van der Waals surface area contributed by atoms with Crippen LogP contribution in [-0.2, 0) is 25.9 Å². The van der Waals surface area contributed by atoms with Crippen LogP contribution in [0.1, 0.15) is 39.9 Å². The average molecular weight is 579 g/mol. The summed E-state index contributed by atoms with van der Waals surface area (Å²) in [5.74, 6) is -4.66. The van der Waals surface area contributed by atoms with Crippen LogP contribution in [-0.4, -0.2) is 38.7 Å². The molecule has 3 unspecified atom stereocenters. The Morgan fingerprint density at radius 3 is 2.02 bits per heavy atom. The molecule has 0 spiro atoms. The number of carbonyl (C=O) groups is 1. The monoisotopic (exact) mass is 579 g/mol. The minimum Gasteiger partial charge on any atom is -0.334 e. The molecule has 1 fully saturated rings. The van der Waals surface area contributed by atoms with Crippen LogP contribution in [0.4, 0.5) is 45.5 Å². The first-order valence-electron chi connectivity index (χ1n) is 12.0. The zero-order chi connectivity index (χ0) is 29.5. The number of alkyl halides is 9. The van der Waals surface area contributed by atoms with Crippen molar-refractivity contribution in [1.82, 2.24) is 20.2 Å². The first-order valence-corrected chi connectivity index (χ1v) is 12.0. The van der Waals surface area contributed by atoms with Gasteiger partial charge < -0.3 is 4.90 Å². The number of halogens is 9. The van der Waals surface area contributed by atoms with Crippen LogP contribution < -0.4 is 4.90 Å². The summed E-state index contributed by atoms with van der Waals surface area (Å²) in [6.07, 6.45) is -15.8. The van der Waals surface area contributed by atoms with E-state index >= 15 is 0 Å². The first kappa shape index (κ1) is 29.3. The lowest BCUT2D eigenvalue weighted by molar-refractivity contribution is -0.173. The van der Waals surface area contributed by atoms with Crippen LogP contribution in [0.25, 0.3) is 0 Å². The summed E-state index contributed by atoms with van der Waals surface area (Å²) in [7, 11) is 1.36. The molecule has 216 valence electrons. The van der Waals surface area contributed by atoms with Crippen LogP contribution in [0.5, 0.6) is 0 Å². The molecule has 0 N–H and O–H groups in total. The van der Waals surface area contributed by atoms with Crippen LogP contribution in [0.15, 0.2) is 48.5 Å². The Bertz CT molecular complexity index is 1300. The molecule has 4 rings (SSSR count). The highest BCUT2D eigenvalue weighted by molar-refractivity contribution is 5.98. The molecule has 1 aromatic heterocycles. The van der Waals surface area contributed by atoms with E-state index < -0.39 is 78.1 Å².